The van der Waals surface area contributed by atoms with E-state index in [1.165, 1.54) is 7.11 Å². The van der Waals surface area contributed by atoms with Gasteiger partial charge in [-0.05, 0) is 6.07 Å². The van der Waals surface area contributed by atoms with Crippen molar-refractivity contribution in [1.82, 2.24) is 20.2 Å². The molecule has 5 nitrogen and oxygen atoms in total. The number of hydrogen-bond donors (Lipinski definition) is 0. The van der Waals surface area contributed by atoms with Crippen molar-refractivity contribution in [3.63, 3.8) is 0 Å². The minimum Gasteiger partial charge on any atom is -0.480 e. The summed E-state index contributed by atoms with van der Waals surface area (Å²) in [6.07, 6.45) is 0. The predicted molar refractivity (Wildman–Crippen MR) is 59.6 cm³/mol. The number of aromatic nitrogens is 4. The first-order chi connectivity index (χ1) is 8.11. The van der Waals surface area contributed by atoms with Crippen LogP contribution in [0.1, 0.15) is 0 Å². The monoisotopic (exact) mass is 274 g/mol. The summed E-state index contributed by atoms with van der Waals surface area (Å²) in [5, 5.41) is 6.79. The number of methoxy groups -OCH3 is 1. The van der Waals surface area contributed by atoms with Crippen LogP contribution in [0.15, 0.2) is 12.1 Å². The van der Waals surface area contributed by atoms with E-state index in [-0.39, 0.29) is 16.1 Å². The molecule has 0 aliphatic rings. The van der Waals surface area contributed by atoms with Gasteiger partial charge in [0, 0.05) is 6.07 Å². The van der Waals surface area contributed by atoms with Crippen LogP contribution >= 0.6 is 23.2 Å². The van der Waals surface area contributed by atoms with Crippen molar-refractivity contribution in [2.75, 3.05) is 7.11 Å². The molecule has 0 aromatic carbocycles. The first-order valence-corrected chi connectivity index (χ1v) is 5.14. The Bertz CT molecular complexity index is 526. The fraction of sp³-hybridized carbons (Fsp3) is 0.111. The third-order valence-corrected chi connectivity index (χ3v) is 2.35. The van der Waals surface area contributed by atoms with E-state index in [1.807, 2.05) is 0 Å². The zero-order valence-electron chi connectivity index (χ0n) is 8.49. The number of halogens is 3. The topological polar surface area (TPSA) is 60.8 Å². The molecule has 0 aliphatic carbocycles. The molecular weight excluding hydrogens is 270 g/mol. The molecule has 8 heteroatoms. The van der Waals surface area contributed by atoms with E-state index in [9.17, 15) is 4.39 Å². The van der Waals surface area contributed by atoms with Crippen molar-refractivity contribution in [2.24, 2.45) is 0 Å². The lowest BCUT2D eigenvalue weighted by Crippen LogP contribution is -1.98. The Balaban J connectivity index is 2.45. The molecule has 2 heterocycles. The second-order valence-electron chi connectivity index (χ2n) is 2.90. The fourth-order valence-corrected chi connectivity index (χ4v) is 1.44. The molecule has 0 spiro atoms. The molecule has 0 saturated carbocycles. The molecule has 0 bridgehead atoms. The van der Waals surface area contributed by atoms with Gasteiger partial charge < -0.3 is 4.74 Å². The minimum absolute atomic E-state index is 0.0940. The van der Waals surface area contributed by atoms with Gasteiger partial charge in [-0.25, -0.2) is 14.4 Å². The molecule has 0 atom stereocenters. The Hall–Kier alpha value is -1.53. The van der Waals surface area contributed by atoms with Gasteiger partial charge >= 0.3 is 0 Å². The summed E-state index contributed by atoms with van der Waals surface area (Å²) >= 11 is 11.1. The molecule has 0 fully saturated rings. The van der Waals surface area contributed by atoms with E-state index >= 15 is 0 Å². The first kappa shape index (κ1) is 11.9. The summed E-state index contributed by atoms with van der Waals surface area (Å²) in [5.74, 6) is -0.428. The van der Waals surface area contributed by atoms with Crippen LogP contribution in [0.25, 0.3) is 11.5 Å². The minimum atomic E-state index is -0.862. The van der Waals surface area contributed by atoms with Crippen molar-refractivity contribution in [2.45, 2.75) is 0 Å². The maximum absolute atomic E-state index is 13.1. The van der Waals surface area contributed by atoms with Crippen molar-refractivity contribution in [3.8, 4) is 17.4 Å². The summed E-state index contributed by atoms with van der Waals surface area (Å²) in [4.78, 5) is 7.42. The summed E-state index contributed by atoms with van der Waals surface area (Å²) in [6.45, 7) is 0. The highest BCUT2D eigenvalue weighted by molar-refractivity contribution is 6.33. The molecule has 2 rings (SSSR count). The van der Waals surface area contributed by atoms with E-state index in [1.54, 1.807) is 12.1 Å². The normalized spacial score (nSPS) is 10.4. The van der Waals surface area contributed by atoms with Gasteiger partial charge in [-0.2, -0.15) is 0 Å². The molecule has 88 valence electrons. The van der Waals surface area contributed by atoms with Crippen LogP contribution < -0.4 is 4.74 Å². The number of hydrogen-bond acceptors (Lipinski definition) is 5. The van der Waals surface area contributed by atoms with Crippen LogP contribution in [0.4, 0.5) is 4.39 Å². The summed E-state index contributed by atoms with van der Waals surface area (Å²) in [6, 6.07) is 3.13. The van der Waals surface area contributed by atoms with E-state index in [2.05, 4.69) is 20.2 Å². The first-order valence-electron chi connectivity index (χ1n) is 4.38. The van der Waals surface area contributed by atoms with Crippen LogP contribution in [-0.4, -0.2) is 27.3 Å². The van der Waals surface area contributed by atoms with Crippen LogP contribution in [0.3, 0.4) is 0 Å². The molecule has 17 heavy (non-hydrogen) atoms. The smallest absolute Gasteiger partial charge is 0.233 e. The highest BCUT2D eigenvalue weighted by Gasteiger charge is 2.13. The van der Waals surface area contributed by atoms with Gasteiger partial charge in [0.2, 0.25) is 5.88 Å². The lowest BCUT2D eigenvalue weighted by molar-refractivity contribution is 0.392. The molecule has 0 unspecified atom stereocenters. The lowest BCUT2D eigenvalue weighted by atomic mass is 10.3. The average molecular weight is 275 g/mol. The molecular formula is C9H5Cl2FN4O. The third kappa shape index (κ3) is 2.42. The molecule has 0 aliphatic heterocycles. The Labute approximate surface area is 106 Å². The van der Waals surface area contributed by atoms with E-state index in [0.29, 0.717) is 11.6 Å². The van der Waals surface area contributed by atoms with Gasteiger partial charge in [-0.15, -0.1) is 10.2 Å². The van der Waals surface area contributed by atoms with E-state index in [4.69, 9.17) is 27.9 Å². The Morgan fingerprint density at radius 3 is 2.24 bits per heavy atom. The highest BCUT2D eigenvalue weighted by Crippen LogP contribution is 2.23. The van der Waals surface area contributed by atoms with Crippen LogP contribution in [-0.2, 0) is 0 Å². The Morgan fingerprint density at radius 1 is 1.12 bits per heavy atom. The van der Waals surface area contributed by atoms with Crippen LogP contribution in [0, 0.1) is 5.82 Å². The molecule has 0 amide bonds. The molecule has 0 saturated heterocycles. The summed E-state index contributed by atoms with van der Waals surface area (Å²) in [7, 11) is 1.46. The molecule has 2 aromatic rings. The van der Waals surface area contributed by atoms with Gasteiger partial charge in [0.25, 0.3) is 0 Å². The lowest BCUT2D eigenvalue weighted by Gasteiger charge is -2.02. The number of ether oxygens (including phenoxy) is 1. The van der Waals surface area contributed by atoms with Gasteiger partial charge in [0.05, 0.1) is 7.11 Å². The van der Waals surface area contributed by atoms with Crippen LogP contribution in [0.5, 0.6) is 5.88 Å². The van der Waals surface area contributed by atoms with E-state index < -0.39 is 5.82 Å². The van der Waals surface area contributed by atoms with Gasteiger partial charge in [0.1, 0.15) is 5.69 Å². The zero-order chi connectivity index (χ0) is 12.4. The largest absolute Gasteiger partial charge is 0.480 e. The molecule has 0 N–H and O–H groups in total. The quantitative estimate of drug-likeness (QED) is 0.787. The Morgan fingerprint density at radius 2 is 1.76 bits per heavy atom. The Kier molecular flexibility index (Phi) is 3.35. The number of nitrogens with zero attached hydrogens (tertiary/aromatic N) is 4. The maximum Gasteiger partial charge on any atom is 0.233 e. The molecule has 0 radical (unpaired) electrons. The van der Waals surface area contributed by atoms with Crippen molar-refractivity contribution in [1.29, 1.82) is 0 Å². The zero-order valence-corrected chi connectivity index (χ0v) is 10.00. The second-order valence-corrected chi connectivity index (χ2v) is 3.62. The summed E-state index contributed by atoms with van der Waals surface area (Å²) < 4.78 is 17.9. The van der Waals surface area contributed by atoms with Gasteiger partial charge in [-0.3, -0.25) is 0 Å². The highest BCUT2D eigenvalue weighted by atomic mass is 35.5. The third-order valence-electron chi connectivity index (χ3n) is 1.85. The van der Waals surface area contributed by atoms with Crippen LogP contribution in [0.2, 0.25) is 10.3 Å². The van der Waals surface area contributed by atoms with E-state index in [0.717, 1.165) is 0 Å². The molecule has 2 aromatic heterocycles. The van der Waals surface area contributed by atoms with Crippen molar-refractivity contribution < 1.29 is 9.13 Å². The SMILES string of the molecule is COc1ccc(-c2nc(Cl)c(F)c(Cl)n2)nn1. The maximum atomic E-state index is 13.1. The summed E-state index contributed by atoms with van der Waals surface area (Å²) in [5.41, 5.74) is 0.314. The van der Waals surface area contributed by atoms with Crippen molar-refractivity contribution in [3.05, 3.63) is 28.3 Å². The standard InChI is InChI=1S/C9H5Cl2FN4O/c1-17-5-3-2-4(15-16-5)9-13-7(10)6(12)8(11)14-9/h2-3H,1H3. The number of rotatable bonds is 2. The second kappa shape index (κ2) is 4.77. The fourth-order valence-electron chi connectivity index (χ4n) is 1.06. The van der Waals surface area contributed by atoms with Gasteiger partial charge in [-0.1, -0.05) is 23.2 Å². The van der Waals surface area contributed by atoms with Crippen molar-refractivity contribution >= 4 is 23.2 Å². The average Bonchev–Trinajstić information content (AvgIpc) is 2.35. The predicted octanol–water partition coefficient (Wildman–Crippen LogP) is 2.39. The van der Waals surface area contributed by atoms with Gasteiger partial charge in [0.15, 0.2) is 21.9 Å².